The lowest BCUT2D eigenvalue weighted by Gasteiger charge is -2.07. The predicted octanol–water partition coefficient (Wildman–Crippen LogP) is -0.175. The Hall–Kier alpha value is -1.15. The quantitative estimate of drug-likeness (QED) is 0.458. The first-order valence-corrected chi connectivity index (χ1v) is 7.50. The number of rotatable bonds is 4. The van der Waals surface area contributed by atoms with Crippen molar-refractivity contribution in [2.45, 2.75) is 6.35 Å². The zero-order chi connectivity index (χ0) is 13.2. The Morgan fingerprint density at radius 3 is 2.67 bits per heavy atom. The zero-order valence-corrected chi connectivity index (χ0v) is 10.9. The van der Waals surface area contributed by atoms with Crippen molar-refractivity contribution in [2.75, 3.05) is 13.2 Å². The molecular weight excluding hydrogens is 280 g/mol. The van der Waals surface area contributed by atoms with Gasteiger partial charge in [-0.1, -0.05) is 18.2 Å². The highest BCUT2D eigenvalue weighted by atomic mass is 35.7. The smallest absolute Gasteiger partial charge is 0.373 e. The second kappa shape index (κ2) is 5.23. The van der Waals surface area contributed by atoms with Crippen LogP contribution < -0.4 is 4.72 Å². The molecule has 1 atom stereocenters. The molecule has 1 unspecified atom stereocenters. The molecule has 1 heterocycles. The van der Waals surface area contributed by atoms with Crippen molar-refractivity contribution in [3.05, 3.63) is 35.9 Å². The monoisotopic (exact) mass is 291 g/mol. The Balaban J connectivity index is 2.30. The van der Waals surface area contributed by atoms with Crippen LogP contribution in [-0.2, 0) is 14.0 Å². The second-order valence-corrected chi connectivity index (χ2v) is 5.97. The Kier molecular flexibility index (Phi) is 3.86. The fourth-order valence-electron chi connectivity index (χ4n) is 1.68. The average molecular weight is 292 g/mol. The molecule has 0 amide bonds. The number of benzene rings is 1. The standard InChI is InChI=1S/C10H12ClN2O4S/c11-18(15,16)12-10(14)13-6-7-17-9(13)8-4-2-1-3-5-8/h1-5,10,12,14H,6-7H2/q+1. The zero-order valence-electron chi connectivity index (χ0n) is 9.28. The van der Waals surface area contributed by atoms with Gasteiger partial charge in [0.15, 0.2) is 13.2 Å². The Labute approximate surface area is 109 Å². The number of aliphatic hydroxyl groups is 1. The first-order valence-electron chi connectivity index (χ1n) is 5.19. The highest BCUT2D eigenvalue weighted by molar-refractivity contribution is 8.12. The maximum absolute atomic E-state index is 10.9. The average Bonchev–Trinajstić information content (AvgIpc) is 2.76. The van der Waals surface area contributed by atoms with E-state index in [1.54, 1.807) is 12.1 Å². The molecule has 2 rings (SSSR count). The highest BCUT2D eigenvalue weighted by Gasteiger charge is 2.33. The molecule has 0 spiro atoms. The molecule has 2 N–H and O–H groups in total. The third-order valence-electron chi connectivity index (χ3n) is 2.39. The molecule has 1 aromatic rings. The first-order chi connectivity index (χ1) is 8.47. The van der Waals surface area contributed by atoms with Crippen molar-refractivity contribution in [3.8, 4) is 0 Å². The van der Waals surface area contributed by atoms with Crippen LogP contribution in [0.3, 0.4) is 0 Å². The maximum Gasteiger partial charge on any atom is 0.373 e. The largest absolute Gasteiger partial charge is 0.437 e. The topological polar surface area (TPSA) is 78.6 Å². The summed E-state index contributed by atoms with van der Waals surface area (Å²) in [4.78, 5) is 0. The lowest BCUT2D eigenvalue weighted by Crippen LogP contribution is -2.42. The van der Waals surface area contributed by atoms with Gasteiger partial charge in [-0.25, -0.2) is 0 Å². The van der Waals surface area contributed by atoms with Gasteiger partial charge in [0.1, 0.15) is 0 Å². The van der Waals surface area contributed by atoms with Crippen LogP contribution in [0, 0.1) is 0 Å². The summed E-state index contributed by atoms with van der Waals surface area (Å²) < 4.78 is 30.4. The van der Waals surface area contributed by atoms with E-state index in [1.165, 1.54) is 4.58 Å². The van der Waals surface area contributed by atoms with E-state index in [-0.39, 0.29) is 0 Å². The highest BCUT2D eigenvalue weighted by Crippen LogP contribution is 2.09. The molecule has 0 radical (unpaired) electrons. The summed E-state index contributed by atoms with van der Waals surface area (Å²) in [6.07, 6.45) is -1.45. The number of halogens is 1. The predicted molar refractivity (Wildman–Crippen MR) is 65.5 cm³/mol. The van der Waals surface area contributed by atoms with Crippen molar-refractivity contribution in [2.24, 2.45) is 0 Å². The van der Waals surface area contributed by atoms with E-state index in [0.29, 0.717) is 19.0 Å². The van der Waals surface area contributed by atoms with Crippen LogP contribution in [0.4, 0.5) is 0 Å². The summed E-state index contributed by atoms with van der Waals surface area (Å²) in [6.45, 7) is 0.732. The first kappa shape index (κ1) is 13.3. The van der Waals surface area contributed by atoms with Crippen LogP contribution in [0.25, 0.3) is 0 Å². The molecule has 0 aliphatic carbocycles. The van der Waals surface area contributed by atoms with E-state index in [4.69, 9.17) is 15.4 Å². The normalized spacial score (nSPS) is 17.7. The van der Waals surface area contributed by atoms with Gasteiger partial charge in [-0.15, -0.1) is 4.72 Å². The van der Waals surface area contributed by atoms with Gasteiger partial charge < -0.3 is 9.84 Å². The lowest BCUT2D eigenvalue weighted by molar-refractivity contribution is -0.603. The second-order valence-electron chi connectivity index (χ2n) is 3.64. The van der Waals surface area contributed by atoms with Gasteiger partial charge in [-0.2, -0.15) is 13.0 Å². The molecular formula is C10H12ClN2O4S+. The summed E-state index contributed by atoms with van der Waals surface area (Å²) >= 11 is 0. The van der Waals surface area contributed by atoms with Gasteiger partial charge in [-0.05, 0) is 12.1 Å². The van der Waals surface area contributed by atoms with E-state index in [0.717, 1.165) is 5.56 Å². The summed E-state index contributed by atoms with van der Waals surface area (Å²) in [7, 11) is 1.02. The van der Waals surface area contributed by atoms with E-state index < -0.39 is 15.6 Å². The number of nitrogens with one attached hydrogen (secondary N) is 1. The van der Waals surface area contributed by atoms with Crippen molar-refractivity contribution in [1.82, 2.24) is 4.72 Å². The Morgan fingerprint density at radius 2 is 2.06 bits per heavy atom. The van der Waals surface area contributed by atoms with Crippen LogP contribution in [0.1, 0.15) is 5.56 Å². The molecule has 8 heteroatoms. The molecule has 98 valence electrons. The summed E-state index contributed by atoms with van der Waals surface area (Å²) in [6, 6.07) is 9.09. The molecule has 18 heavy (non-hydrogen) atoms. The van der Waals surface area contributed by atoms with Gasteiger partial charge in [0.25, 0.3) is 0 Å². The van der Waals surface area contributed by atoms with Crippen molar-refractivity contribution in [1.29, 1.82) is 0 Å². The van der Waals surface area contributed by atoms with Crippen LogP contribution in [0.5, 0.6) is 0 Å². The summed E-state index contributed by atoms with van der Waals surface area (Å²) in [5.74, 6) is 0.413. The van der Waals surface area contributed by atoms with Crippen LogP contribution in [0.2, 0.25) is 0 Å². The van der Waals surface area contributed by atoms with E-state index in [2.05, 4.69) is 0 Å². The number of hydrogen-bond donors (Lipinski definition) is 2. The van der Waals surface area contributed by atoms with Gasteiger partial charge >= 0.3 is 21.5 Å². The maximum atomic E-state index is 10.9. The molecule has 0 fully saturated rings. The number of nitrogens with zero attached hydrogens (tertiary/aromatic N) is 1. The van der Waals surface area contributed by atoms with E-state index >= 15 is 0 Å². The SMILES string of the molecule is O=S(=O)(Cl)NC(O)[N+]1=C(c2ccccc2)OCC1. The molecule has 0 aromatic heterocycles. The fourth-order valence-corrected chi connectivity index (χ4v) is 2.30. The van der Waals surface area contributed by atoms with Gasteiger partial charge in [0, 0.05) is 10.7 Å². The number of hydrogen-bond acceptors (Lipinski definition) is 4. The van der Waals surface area contributed by atoms with Crippen molar-refractivity contribution < 1.29 is 22.8 Å². The summed E-state index contributed by atoms with van der Waals surface area (Å²) in [5, 5.41) is 9.77. The minimum Gasteiger partial charge on any atom is -0.437 e. The summed E-state index contributed by atoms with van der Waals surface area (Å²) in [5.41, 5.74) is 0.753. The molecule has 0 bridgehead atoms. The molecule has 0 saturated carbocycles. The van der Waals surface area contributed by atoms with Gasteiger partial charge in [0.05, 0.1) is 5.56 Å². The molecule has 1 aromatic carbocycles. The van der Waals surface area contributed by atoms with Crippen molar-refractivity contribution in [3.63, 3.8) is 0 Å². The molecule has 6 nitrogen and oxygen atoms in total. The van der Waals surface area contributed by atoms with Gasteiger partial charge in [-0.3, -0.25) is 0 Å². The molecule has 0 saturated heterocycles. The number of aliphatic hydroxyl groups excluding tert-OH is 1. The molecule has 1 aliphatic heterocycles. The third kappa shape index (κ3) is 3.20. The Morgan fingerprint density at radius 1 is 1.39 bits per heavy atom. The minimum absolute atomic E-state index is 0.366. The van der Waals surface area contributed by atoms with Crippen LogP contribution >= 0.6 is 10.7 Å². The Bertz CT molecular complexity index is 559. The van der Waals surface area contributed by atoms with E-state index in [9.17, 15) is 13.5 Å². The van der Waals surface area contributed by atoms with Crippen molar-refractivity contribution >= 4 is 25.8 Å². The van der Waals surface area contributed by atoms with Crippen LogP contribution in [0.15, 0.2) is 30.3 Å². The molecule has 1 aliphatic rings. The van der Waals surface area contributed by atoms with E-state index in [1.807, 2.05) is 22.9 Å². The van der Waals surface area contributed by atoms with Gasteiger partial charge in [0.2, 0.25) is 0 Å². The number of ether oxygens (including phenoxy) is 1. The third-order valence-corrected chi connectivity index (χ3v) is 3.15. The lowest BCUT2D eigenvalue weighted by atomic mass is 10.2. The fraction of sp³-hybridized carbons (Fsp3) is 0.300. The van der Waals surface area contributed by atoms with Crippen LogP contribution in [-0.4, -0.2) is 43.5 Å². The minimum atomic E-state index is -4.00.